The summed E-state index contributed by atoms with van der Waals surface area (Å²) in [6.07, 6.45) is -4.50. The van der Waals surface area contributed by atoms with Gasteiger partial charge in [0, 0.05) is 11.3 Å². The summed E-state index contributed by atoms with van der Waals surface area (Å²) >= 11 is 6.15. The maximum absolute atomic E-state index is 13.0. The van der Waals surface area contributed by atoms with E-state index in [-0.39, 0.29) is 28.6 Å². The van der Waals surface area contributed by atoms with E-state index in [2.05, 4.69) is 20.5 Å². The largest absolute Gasteiger partial charge is 0.416 e. The molecule has 3 aromatic rings. The van der Waals surface area contributed by atoms with Gasteiger partial charge in [-0.1, -0.05) is 23.7 Å². The monoisotopic (exact) mass is 444 g/mol. The van der Waals surface area contributed by atoms with E-state index in [9.17, 15) is 18.4 Å². The van der Waals surface area contributed by atoms with E-state index < -0.39 is 11.7 Å². The molecule has 0 aliphatic rings. The molecule has 158 valence electrons. The van der Waals surface area contributed by atoms with Gasteiger partial charge in [0.15, 0.2) is 5.82 Å². The molecule has 0 bridgehead atoms. The third-order valence-electron chi connectivity index (χ3n) is 4.37. The summed E-state index contributed by atoms with van der Waals surface area (Å²) < 4.78 is 39.1. The second-order valence-corrected chi connectivity index (χ2v) is 7.07. The minimum atomic E-state index is -4.50. The summed E-state index contributed by atoms with van der Waals surface area (Å²) in [5.74, 6) is -0.0251. The van der Waals surface area contributed by atoms with Gasteiger partial charge in [0.05, 0.1) is 16.1 Å². The van der Waals surface area contributed by atoms with Crippen molar-refractivity contribution in [2.45, 2.75) is 20.0 Å². The van der Waals surface area contributed by atoms with Gasteiger partial charge in [-0.15, -0.1) is 10.2 Å². The molecule has 0 radical (unpaired) electrons. The van der Waals surface area contributed by atoms with Gasteiger partial charge in [-0.05, 0) is 49.7 Å². The molecule has 0 atom stereocenters. The first kappa shape index (κ1) is 22.1. The summed E-state index contributed by atoms with van der Waals surface area (Å²) in [6.45, 7) is 3.46. The highest BCUT2D eigenvalue weighted by Gasteiger charge is 2.30. The Morgan fingerprint density at radius 2 is 1.87 bits per heavy atom. The lowest BCUT2D eigenvalue weighted by Crippen LogP contribution is -2.06. The number of aryl methyl sites for hydroxylation is 1. The van der Waals surface area contributed by atoms with E-state index in [1.54, 1.807) is 19.1 Å². The van der Waals surface area contributed by atoms with Crippen molar-refractivity contribution in [2.75, 3.05) is 11.1 Å². The van der Waals surface area contributed by atoms with Crippen molar-refractivity contribution >= 4 is 40.3 Å². The Labute approximate surface area is 181 Å². The van der Waals surface area contributed by atoms with Crippen LogP contribution < -0.4 is 11.1 Å². The van der Waals surface area contributed by atoms with Crippen LogP contribution >= 0.6 is 11.6 Å². The zero-order valence-electron chi connectivity index (χ0n) is 16.4. The smallest absolute Gasteiger partial charge is 0.383 e. The summed E-state index contributed by atoms with van der Waals surface area (Å²) in [7, 11) is 0. The number of nitrogen functional groups attached to an aromatic ring is 1. The number of nitrogens with two attached hydrogens (primary N) is 1. The number of nitrogens with one attached hydrogen (secondary N) is 1. The van der Waals surface area contributed by atoms with Crippen molar-refractivity contribution < 1.29 is 13.2 Å². The summed E-state index contributed by atoms with van der Waals surface area (Å²) in [5.41, 5.74) is 7.07. The van der Waals surface area contributed by atoms with Crippen LogP contribution in [0.5, 0.6) is 0 Å². The first-order chi connectivity index (χ1) is 14.6. The molecule has 0 aliphatic carbocycles. The SMILES string of the molecule is Cc1ccc(Cl)c(/N=N/c2c(Nc3cccc(C(F)(F)F)c3)nc(N)c(C#N)c2C)c1. The van der Waals surface area contributed by atoms with Crippen molar-refractivity contribution in [3.05, 3.63) is 69.7 Å². The number of benzene rings is 2. The van der Waals surface area contributed by atoms with Crippen LogP contribution in [-0.2, 0) is 6.18 Å². The number of rotatable bonds is 4. The van der Waals surface area contributed by atoms with E-state index in [0.29, 0.717) is 16.3 Å². The lowest BCUT2D eigenvalue weighted by molar-refractivity contribution is -0.137. The minimum absolute atomic E-state index is 0.0563. The minimum Gasteiger partial charge on any atom is -0.383 e. The van der Waals surface area contributed by atoms with Crippen LogP contribution in [0.4, 0.5) is 41.9 Å². The average Bonchev–Trinajstić information content (AvgIpc) is 2.70. The Morgan fingerprint density at radius 1 is 1.13 bits per heavy atom. The number of azo groups is 1. The van der Waals surface area contributed by atoms with Gasteiger partial charge in [-0.2, -0.15) is 18.4 Å². The van der Waals surface area contributed by atoms with Crippen LogP contribution in [-0.4, -0.2) is 4.98 Å². The molecule has 1 aromatic heterocycles. The van der Waals surface area contributed by atoms with E-state index in [0.717, 1.165) is 17.7 Å². The van der Waals surface area contributed by atoms with E-state index in [4.69, 9.17) is 17.3 Å². The summed E-state index contributed by atoms with van der Waals surface area (Å²) in [6, 6.07) is 11.7. The quantitative estimate of drug-likeness (QED) is 0.424. The van der Waals surface area contributed by atoms with Crippen LogP contribution in [0, 0.1) is 25.2 Å². The topological polar surface area (TPSA) is 99.4 Å². The number of pyridine rings is 1. The zero-order valence-corrected chi connectivity index (χ0v) is 17.2. The molecule has 0 fully saturated rings. The molecule has 10 heteroatoms. The number of nitrogens with zero attached hydrogens (tertiary/aromatic N) is 4. The molecule has 31 heavy (non-hydrogen) atoms. The first-order valence-corrected chi connectivity index (χ1v) is 9.30. The molecular weight excluding hydrogens is 429 g/mol. The Hall–Kier alpha value is -3.64. The fourth-order valence-electron chi connectivity index (χ4n) is 2.78. The number of anilines is 3. The van der Waals surface area contributed by atoms with Crippen LogP contribution in [0.1, 0.15) is 22.3 Å². The molecule has 0 saturated carbocycles. The molecule has 1 heterocycles. The molecule has 6 nitrogen and oxygen atoms in total. The Kier molecular flexibility index (Phi) is 6.13. The van der Waals surface area contributed by atoms with Crippen LogP contribution in [0.15, 0.2) is 52.7 Å². The predicted octanol–water partition coefficient (Wildman–Crippen LogP) is 6.98. The van der Waals surface area contributed by atoms with Gasteiger partial charge in [0.2, 0.25) is 0 Å². The highest BCUT2D eigenvalue weighted by molar-refractivity contribution is 6.32. The second-order valence-electron chi connectivity index (χ2n) is 6.66. The normalized spacial score (nSPS) is 11.5. The van der Waals surface area contributed by atoms with Crippen molar-refractivity contribution in [3.63, 3.8) is 0 Å². The van der Waals surface area contributed by atoms with Gasteiger partial charge in [0.25, 0.3) is 0 Å². The maximum atomic E-state index is 13.0. The number of halogens is 4. The van der Waals surface area contributed by atoms with Crippen molar-refractivity contribution in [2.24, 2.45) is 10.2 Å². The molecule has 0 amide bonds. The van der Waals surface area contributed by atoms with Gasteiger partial charge >= 0.3 is 6.18 Å². The highest BCUT2D eigenvalue weighted by atomic mass is 35.5. The summed E-state index contributed by atoms with van der Waals surface area (Å²) in [5, 5.41) is 20.9. The predicted molar refractivity (Wildman–Crippen MR) is 113 cm³/mol. The third-order valence-corrected chi connectivity index (χ3v) is 4.69. The van der Waals surface area contributed by atoms with Gasteiger partial charge < -0.3 is 11.1 Å². The van der Waals surface area contributed by atoms with E-state index in [1.807, 2.05) is 19.1 Å². The lowest BCUT2D eigenvalue weighted by atomic mass is 10.1. The summed E-state index contributed by atoms with van der Waals surface area (Å²) in [4.78, 5) is 4.12. The van der Waals surface area contributed by atoms with Crippen molar-refractivity contribution in [1.82, 2.24) is 4.98 Å². The van der Waals surface area contributed by atoms with Gasteiger partial charge in [-0.3, -0.25) is 0 Å². The van der Waals surface area contributed by atoms with Gasteiger partial charge in [-0.25, -0.2) is 4.98 Å². The molecular formula is C21H16ClF3N6. The first-order valence-electron chi connectivity index (χ1n) is 8.92. The highest BCUT2D eigenvalue weighted by Crippen LogP contribution is 2.37. The second kappa shape index (κ2) is 8.62. The Morgan fingerprint density at radius 3 is 2.55 bits per heavy atom. The standard InChI is InChI=1S/C21H16ClF3N6/c1-11-6-7-16(22)17(8-11)30-31-18-12(2)15(10-26)19(27)29-20(18)28-14-5-3-4-13(9-14)21(23,24)25/h3-9H,1-2H3,(H3,27,28,29)/b31-30+. The van der Waals surface area contributed by atoms with E-state index in [1.165, 1.54) is 12.1 Å². The number of nitriles is 1. The Balaban J connectivity index is 2.10. The number of hydrogen-bond acceptors (Lipinski definition) is 6. The van der Waals surface area contributed by atoms with E-state index >= 15 is 0 Å². The molecule has 0 unspecified atom stereocenters. The van der Waals surface area contributed by atoms with Gasteiger partial charge in [0.1, 0.15) is 23.3 Å². The molecule has 0 aliphatic heterocycles. The average molecular weight is 445 g/mol. The lowest BCUT2D eigenvalue weighted by Gasteiger charge is -2.14. The fraction of sp³-hybridized carbons (Fsp3) is 0.143. The van der Waals surface area contributed by atoms with Crippen LogP contribution in [0.3, 0.4) is 0 Å². The molecule has 2 aromatic carbocycles. The molecule has 0 saturated heterocycles. The van der Waals surface area contributed by atoms with Crippen LogP contribution in [0.2, 0.25) is 5.02 Å². The van der Waals surface area contributed by atoms with Crippen molar-refractivity contribution in [1.29, 1.82) is 5.26 Å². The maximum Gasteiger partial charge on any atom is 0.416 e. The van der Waals surface area contributed by atoms with Crippen molar-refractivity contribution in [3.8, 4) is 6.07 Å². The molecule has 0 spiro atoms. The zero-order chi connectivity index (χ0) is 22.8. The number of hydrogen-bond donors (Lipinski definition) is 2. The third kappa shape index (κ3) is 4.92. The molecule has 3 rings (SSSR count). The number of alkyl halides is 3. The van der Waals surface area contributed by atoms with Crippen LogP contribution in [0.25, 0.3) is 0 Å². The fourth-order valence-corrected chi connectivity index (χ4v) is 2.94. The Bertz CT molecular complexity index is 1210. The number of aromatic nitrogens is 1. The molecule has 3 N–H and O–H groups in total.